The molecule has 1 aromatic rings. The first kappa shape index (κ1) is 29.0. The van der Waals surface area contributed by atoms with Crippen LogP contribution in [0.3, 0.4) is 0 Å². The number of para-hydroxylation sites is 1. The molecule has 0 saturated heterocycles. The maximum atomic E-state index is 13.3. The molecule has 200 valence electrons. The topological polar surface area (TPSA) is 160 Å². The van der Waals surface area contributed by atoms with Gasteiger partial charge >= 0.3 is 23.9 Å². The smallest absolute Gasteiger partial charge is 0.347 e. The van der Waals surface area contributed by atoms with Crippen LogP contribution in [0.5, 0.6) is 0 Å². The maximum absolute atomic E-state index is 13.3. The second kappa shape index (κ2) is 12.7. The number of esters is 4. The molecule has 0 unspecified atom stereocenters. The van der Waals surface area contributed by atoms with E-state index in [1.54, 1.807) is 13.8 Å². The molecular formula is C25H30N2O10. The fourth-order valence-electron chi connectivity index (χ4n) is 3.81. The number of benzene rings is 1. The highest BCUT2D eigenvalue weighted by molar-refractivity contribution is 6.01. The van der Waals surface area contributed by atoms with Crippen LogP contribution in [0.1, 0.15) is 53.0 Å². The SMILES string of the molecule is CCOC(=O)[C@H](C)OC(=O)C1=C(C)NC(C)=C(C(=O)O[C@@H](C)C(=O)OCC)C1c1ccccc1[N+](=O)[O-]. The number of rotatable bonds is 10. The van der Waals surface area contributed by atoms with Crippen molar-refractivity contribution in [1.29, 1.82) is 0 Å². The Hall–Kier alpha value is -4.22. The molecule has 1 N–H and O–H groups in total. The van der Waals surface area contributed by atoms with Crippen LogP contribution < -0.4 is 5.32 Å². The number of hydrogen-bond donors (Lipinski definition) is 1. The summed E-state index contributed by atoms with van der Waals surface area (Å²) in [5.74, 6) is -4.87. The molecule has 0 radical (unpaired) electrons. The second-order valence-electron chi connectivity index (χ2n) is 8.05. The predicted octanol–water partition coefficient (Wildman–Crippen LogP) is 2.82. The molecular weight excluding hydrogens is 488 g/mol. The van der Waals surface area contributed by atoms with E-state index >= 15 is 0 Å². The van der Waals surface area contributed by atoms with Gasteiger partial charge in [-0.15, -0.1) is 0 Å². The Balaban J connectivity index is 2.62. The van der Waals surface area contributed by atoms with Gasteiger partial charge in [-0.05, 0) is 41.5 Å². The van der Waals surface area contributed by atoms with E-state index in [9.17, 15) is 29.3 Å². The average Bonchev–Trinajstić information content (AvgIpc) is 2.83. The lowest BCUT2D eigenvalue weighted by Gasteiger charge is -2.31. The first-order valence-corrected chi connectivity index (χ1v) is 11.6. The van der Waals surface area contributed by atoms with Crippen molar-refractivity contribution in [2.75, 3.05) is 13.2 Å². The molecule has 2 atom stereocenters. The summed E-state index contributed by atoms with van der Waals surface area (Å²) in [5, 5.41) is 14.8. The molecule has 12 heteroatoms. The van der Waals surface area contributed by atoms with E-state index in [0.29, 0.717) is 0 Å². The standard InChI is InChI=1S/C25H30N2O10/c1-7-34-22(28)15(5)36-24(30)19-13(3)26-14(4)20(25(31)37-16(6)23(29)35-8-2)21(19)17-11-9-10-12-18(17)27(32)33/h9-12,15-16,21,26H,7-8H2,1-6H3/t15-,16-/m0/s1. The van der Waals surface area contributed by atoms with Crippen LogP contribution in [0.2, 0.25) is 0 Å². The van der Waals surface area contributed by atoms with E-state index in [2.05, 4.69) is 5.32 Å². The number of nitro benzene ring substituents is 1. The van der Waals surface area contributed by atoms with Gasteiger partial charge in [0.15, 0.2) is 12.2 Å². The van der Waals surface area contributed by atoms with E-state index in [0.717, 1.165) is 0 Å². The molecule has 1 aliphatic heterocycles. The number of ether oxygens (including phenoxy) is 4. The summed E-state index contributed by atoms with van der Waals surface area (Å²) >= 11 is 0. The van der Waals surface area contributed by atoms with Gasteiger partial charge in [0.25, 0.3) is 5.69 Å². The molecule has 2 rings (SSSR count). The molecule has 1 aromatic carbocycles. The minimum absolute atomic E-state index is 0.0131. The molecule has 0 fully saturated rings. The summed E-state index contributed by atoms with van der Waals surface area (Å²) in [6.45, 7) is 9.02. The first-order chi connectivity index (χ1) is 17.4. The van der Waals surface area contributed by atoms with Gasteiger partial charge in [0.05, 0.1) is 35.2 Å². The number of nitro groups is 1. The van der Waals surface area contributed by atoms with Gasteiger partial charge in [-0.25, -0.2) is 19.2 Å². The van der Waals surface area contributed by atoms with E-state index in [1.165, 1.54) is 52.0 Å². The van der Waals surface area contributed by atoms with E-state index in [-0.39, 0.29) is 47.0 Å². The highest BCUT2D eigenvalue weighted by Gasteiger charge is 2.42. The Kier molecular flexibility index (Phi) is 9.92. The van der Waals surface area contributed by atoms with Gasteiger partial charge < -0.3 is 24.3 Å². The van der Waals surface area contributed by atoms with E-state index < -0.39 is 46.9 Å². The number of hydrogen-bond acceptors (Lipinski definition) is 11. The molecule has 1 heterocycles. The number of carbonyl (C=O) groups excluding carboxylic acids is 4. The molecule has 0 amide bonds. The van der Waals surface area contributed by atoms with Crippen molar-refractivity contribution >= 4 is 29.6 Å². The third-order valence-corrected chi connectivity index (χ3v) is 5.45. The fourth-order valence-corrected chi connectivity index (χ4v) is 3.81. The highest BCUT2D eigenvalue weighted by Crippen LogP contribution is 2.42. The summed E-state index contributed by atoms with van der Waals surface area (Å²) in [7, 11) is 0. The van der Waals surface area contributed by atoms with Crippen LogP contribution in [-0.2, 0) is 38.1 Å². The minimum Gasteiger partial charge on any atom is -0.463 e. The van der Waals surface area contributed by atoms with Gasteiger partial charge in [-0.1, -0.05) is 18.2 Å². The Bertz CT molecular complexity index is 1090. The van der Waals surface area contributed by atoms with E-state index in [1.807, 2.05) is 0 Å². The predicted molar refractivity (Wildman–Crippen MR) is 129 cm³/mol. The zero-order valence-electron chi connectivity index (χ0n) is 21.5. The summed E-state index contributed by atoms with van der Waals surface area (Å²) in [6.07, 6.45) is -2.57. The molecule has 1 aliphatic rings. The van der Waals surface area contributed by atoms with Gasteiger partial charge in [-0.3, -0.25) is 10.1 Å². The van der Waals surface area contributed by atoms with Crippen molar-refractivity contribution in [3.05, 3.63) is 62.5 Å². The summed E-state index contributed by atoms with van der Waals surface area (Å²) < 4.78 is 20.4. The molecule has 12 nitrogen and oxygen atoms in total. The monoisotopic (exact) mass is 518 g/mol. The second-order valence-corrected chi connectivity index (χ2v) is 8.05. The van der Waals surface area contributed by atoms with Crippen molar-refractivity contribution in [3.8, 4) is 0 Å². The fraction of sp³-hybridized carbons (Fsp3) is 0.440. The van der Waals surface area contributed by atoms with Crippen LogP contribution in [0.15, 0.2) is 46.8 Å². The maximum Gasteiger partial charge on any atom is 0.347 e. The van der Waals surface area contributed by atoms with Crippen molar-refractivity contribution < 1.29 is 43.0 Å². The van der Waals surface area contributed by atoms with Crippen LogP contribution in [-0.4, -0.2) is 54.2 Å². The minimum atomic E-state index is -1.31. The first-order valence-electron chi connectivity index (χ1n) is 11.6. The molecule has 0 aliphatic carbocycles. The number of carbonyl (C=O) groups is 4. The lowest BCUT2D eigenvalue weighted by molar-refractivity contribution is -0.385. The lowest BCUT2D eigenvalue weighted by atomic mass is 9.79. The molecule has 0 aromatic heterocycles. The third-order valence-electron chi connectivity index (χ3n) is 5.45. The summed E-state index contributed by atoms with van der Waals surface area (Å²) in [4.78, 5) is 62.0. The van der Waals surface area contributed by atoms with Crippen molar-refractivity contribution in [3.63, 3.8) is 0 Å². The number of allylic oxidation sites excluding steroid dienone is 2. The zero-order chi connectivity index (χ0) is 27.9. The molecule has 0 spiro atoms. The van der Waals surface area contributed by atoms with Crippen molar-refractivity contribution in [2.24, 2.45) is 0 Å². The van der Waals surface area contributed by atoms with Gasteiger partial charge in [0.2, 0.25) is 0 Å². The Morgan fingerprint density at radius 1 is 0.892 bits per heavy atom. The number of nitrogens with one attached hydrogen (secondary N) is 1. The van der Waals surface area contributed by atoms with Gasteiger partial charge in [0.1, 0.15) is 0 Å². The Labute approximate surface area is 213 Å². The largest absolute Gasteiger partial charge is 0.463 e. The van der Waals surface area contributed by atoms with Crippen LogP contribution in [0.25, 0.3) is 0 Å². The van der Waals surface area contributed by atoms with E-state index in [4.69, 9.17) is 18.9 Å². The molecule has 0 saturated carbocycles. The van der Waals surface area contributed by atoms with Crippen molar-refractivity contribution in [2.45, 2.75) is 59.7 Å². The molecule has 0 bridgehead atoms. The van der Waals surface area contributed by atoms with Crippen LogP contribution in [0.4, 0.5) is 5.69 Å². The number of dihydropyridines is 1. The normalized spacial score (nSPS) is 15.3. The Morgan fingerprint density at radius 3 is 1.73 bits per heavy atom. The quantitative estimate of drug-likeness (QED) is 0.210. The summed E-state index contributed by atoms with van der Waals surface area (Å²) in [5.41, 5.74) is -0.145. The third kappa shape index (κ3) is 6.72. The Morgan fingerprint density at radius 2 is 1.32 bits per heavy atom. The van der Waals surface area contributed by atoms with Crippen molar-refractivity contribution in [1.82, 2.24) is 5.32 Å². The highest BCUT2D eigenvalue weighted by atomic mass is 16.6. The average molecular weight is 519 g/mol. The van der Waals surface area contributed by atoms with Crippen LogP contribution >= 0.6 is 0 Å². The zero-order valence-corrected chi connectivity index (χ0v) is 21.5. The van der Waals surface area contributed by atoms with Crippen LogP contribution in [0, 0.1) is 10.1 Å². The summed E-state index contributed by atoms with van der Waals surface area (Å²) in [6, 6.07) is 5.59. The van der Waals surface area contributed by atoms with Gasteiger partial charge in [-0.2, -0.15) is 0 Å². The number of nitrogens with zero attached hydrogens (tertiary/aromatic N) is 1. The lowest BCUT2D eigenvalue weighted by Crippen LogP contribution is -2.36. The molecule has 37 heavy (non-hydrogen) atoms. The van der Waals surface area contributed by atoms with Gasteiger partial charge in [0, 0.05) is 23.0 Å².